The van der Waals surface area contributed by atoms with Crippen LogP contribution in [0.15, 0.2) is 36.8 Å². The van der Waals surface area contributed by atoms with Crippen LogP contribution < -0.4 is 20.5 Å². The Morgan fingerprint density at radius 2 is 1.82 bits per heavy atom. The molecule has 0 spiro atoms. The molecule has 4 heterocycles. The summed E-state index contributed by atoms with van der Waals surface area (Å²) in [4.78, 5) is 35.0. The van der Waals surface area contributed by atoms with Gasteiger partial charge in [0.15, 0.2) is 15.9 Å². The minimum absolute atomic E-state index is 0.0208. The highest BCUT2D eigenvalue weighted by Crippen LogP contribution is 2.42. The lowest BCUT2D eigenvalue weighted by molar-refractivity contribution is 0.402. The smallest absolute Gasteiger partial charge is 0.261 e. The van der Waals surface area contributed by atoms with Gasteiger partial charge in [-0.3, -0.25) is 14.6 Å². The summed E-state index contributed by atoms with van der Waals surface area (Å²) in [6.45, 7) is 0. The van der Waals surface area contributed by atoms with E-state index in [9.17, 15) is 9.59 Å². The second-order valence-corrected chi connectivity index (χ2v) is 6.42. The number of aromatic nitrogens is 3. The topological polar surface area (TPSA) is 123 Å². The van der Waals surface area contributed by atoms with Gasteiger partial charge in [-0.15, -0.1) is 0 Å². The number of nitrogens with zero attached hydrogens (tertiary/aromatic N) is 1. The molecule has 0 radical (unpaired) electrons. The van der Waals surface area contributed by atoms with Crippen LogP contribution in [-0.4, -0.2) is 29.2 Å². The van der Waals surface area contributed by atoms with Gasteiger partial charge in [0.05, 0.1) is 36.6 Å². The Bertz CT molecular complexity index is 1610. The molecule has 0 aliphatic rings. The van der Waals surface area contributed by atoms with Crippen LogP contribution >= 0.6 is 12.2 Å². The number of furan rings is 1. The van der Waals surface area contributed by atoms with Crippen molar-refractivity contribution in [2.45, 2.75) is 0 Å². The SMILES string of the molecule is COc1c2occc2c(OC)c2c(=O)c3cc4c(=O)[nH]c(=S)[nH]c4nc3oc12. The van der Waals surface area contributed by atoms with Crippen molar-refractivity contribution in [3.05, 3.63) is 43.7 Å². The van der Waals surface area contributed by atoms with E-state index < -0.39 is 11.0 Å². The first-order valence-electron chi connectivity index (χ1n) is 8.08. The lowest BCUT2D eigenvalue weighted by atomic mass is 10.1. The third-order valence-electron chi connectivity index (χ3n) is 4.55. The summed E-state index contributed by atoms with van der Waals surface area (Å²) in [7, 11) is 2.89. The largest absolute Gasteiger partial charge is 0.495 e. The van der Waals surface area contributed by atoms with Gasteiger partial charge >= 0.3 is 0 Å². The average molecular weight is 397 g/mol. The van der Waals surface area contributed by atoms with Crippen molar-refractivity contribution in [2.24, 2.45) is 0 Å². The molecule has 2 N–H and O–H groups in total. The van der Waals surface area contributed by atoms with Gasteiger partial charge in [0.25, 0.3) is 5.56 Å². The molecule has 0 aliphatic heterocycles. The zero-order chi connectivity index (χ0) is 19.6. The van der Waals surface area contributed by atoms with Gasteiger partial charge in [0, 0.05) is 0 Å². The van der Waals surface area contributed by atoms with Gasteiger partial charge in [0.2, 0.25) is 16.9 Å². The summed E-state index contributed by atoms with van der Waals surface area (Å²) in [6.07, 6.45) is 1.46. The molecule has 5 aromatic rings. The first kappa shape index (κ1) is 16.5. The van der Waals surface area contributed by atoms with Crippen LogP contribution in [0, 0.1) is 4.77 Å². The number of H-pyrrole nitrogens is 2. The van der Waals surface area contributed by atoms with Crippen LogP contribution in [-0.2, 0) is 0 Å². The maximum atomic E-state index is 13.3. The minimum atomic E-state index is -0.456. The molecule has 0 saturated carbocycles. The molecule has 140 valence electrons. The monoisotopic (exact) mass is 397 g/mol. The van der Waals surface area contributed by atoms with Gasteiger partial charge in [-0.2, -0.15) is 4.98 Å². The predicted molar refractivity (Wildman–Crippen MR) is 104 cm³/mol. The van der Waals surface area contributed by atoms with Crippen LogP contribution in [0.25, 0.3) is 44.1 Å². The van der Waals surface area contributed by atoms with Gasteiger partial charge in [-0.25, -0.2) is 0 Å². The Kier molecular flexibility index (Phi) is 3.34. The first-order valence-corrected chi connectivity index (χ1v) is 8.49. The molecule has 10 heteroatoms. The Morgan fingerprint density at radius 3 is 2.57 bits per heavy atom. The highest BCUT2D eigenvalue weighted by molar-refractivity contribution is 7.71. The molecule has 0 unspecified atom stereocenters. The van der Waals surface area contributed by atoms with Gasteiger partial charge < -0.3 is 23.3 Å². The van der Waals surface area contributed by atoms with E-state index in [0.29, 0.717) is 11.0 Å². The van der Waals surface area contributed by atoms with E-state index in [0.717, 1.165) is 0 Å². The number of rotatable bonds is 2. The van der Waals surface area contributed by atoms with Crippen molar-refractivity contribution in [2.75, 3.05) is 14.2 Å². The lowest BCUT2D eigenvalue weighted by Gasteiger charge is -2.11. The molecule has 4 aromatic heterocycles. The fourth-order valence-electron chi connectivity index (χ4n) is 3.37. The number of fused-ring (bicyclic) bond motifs is 4. The molecule has 0 bridgehead atoms. The molecular formula is C18H11N3O6S. The fraction of sp³-hybridized carbons (Fsp3) is 0.111. The number of hydrogen-bond donors (Lipinski definition) is 2. The Morgan fingerprint density at radius 1 is 1.04 bits per heavy atom. The summed E-state index contributed by atoms with van der Waals surface area (Å²) in [6, 6.07) is 3.09. The minimum Gasteiger partial charge on any atom is -0.495 e. The summed E-state index contributed by atoms with van der Waals surface area (Å²) < 4.78 is 22.4. The molecule has 0 atom stereocenters. The van der Waals surface area contributed by atoms with Crippen LogP contribution in [0.1, 0.15) is 0 Å². The fourth-order valence-corrected chi connectivity index (χ4v) is 3.55. The number of pyridine rings is 1. The molecule has 9 nitrogen and oxygen atoms in total. The molecule has 1 aromatic carbocycles. The van der Waals surface area contributed by atoms with E-state index in [-0.39, 0.29) is 49.4 Å². The van der Waals surface area contributed by atoms with Crippen molar-refractivity contribution in [1.82, 2.24) is 15.0 Å². The van der Waals surface area contributed by atoms with E-state index in [2.05, 4.69) is 15.0 Å². The zero-order valence-corrected chi connectivity index (χ0v) is 15.4. The number of nitrogens with one attached hydrogen (secondary N) is 2. The maximum Gasteiger partial charge on any atom is 0.261 e. The number of aromatic amines is 2. The molecule has 28 heavy (non-hydrogen) atoms. The van der Waals surface area contributed by atoms with Crippen molar-refractivity contribution in [3.63, 3.8) is 0 Å². The zero-order valence-electron chi connectivity index (χ0n) is 14.5. The predicted octanol–water partition coefficient (Wildman–Crippen LogP) is 3.00. The first-order chi connectivity index (χ1) is 13.5. The Balaban J connectivity index is 2.10. The van der Waals surface area contributed by atoms with Crippen LogP contribution in [0.4, 0.5) is 0 Å². The van der Waals surface area contributed by atoms with E-state index >= 15 is 0 Å². The van der Waals surface area contributed by atoms with Gasteiger partial charge in [-0.1, -0.05) is 0 Å². The van der Waals surface area contributed by atoms with Crippen LogP contribution in [0.3, 0.4) is 0 Å². The van der Waals surface area contributed by atoms with Gasteiger partial charge in [-0.05, 0) is 24.4 Å². The lowest BCUT2D eigenvalue weighted by Crippen LogP contribution is -2.11. The average Bonchev–Trinajstić information content (AvgIpc) is 3.14. The summed E-state index contributed by atoms with van der Waals surface area (Å²) >= 11 is 4.98. The highest BCUT2D eigenvalue weighted by atomic mass is 32.1. The third-order valence-corrected chi connectivity index (χ3v) is 4.75. The quantitative estimate of drug-likeness (QED) is 0.344. The van der Waals surface area contributed by atoms with Crippen LogP contribution in [0.2, 0.25) is 0 Å². The van der Waals surface area contributed by atoms with E-state index in [1.165, 1.54) is 26.5 Å². The summed E-state index contributed by atoms with van der Waals surface area (Å²) in [5.41, 5.74) is -0.130. The van der Waals surface area contributed by atoms with Crippen molar-refractivity contribution < 1.29 is 18.3 Å². The van der Waals surface area contributed by atoms with Gasteiger partial charge in [0.1, 0.15) is 16.8 Å². The van der Waals surface area contributed by atoms with Crippen LogP contribution in [0.5, 0.6) is 11.5 Å². The second kappa shape index (κ2) is 5.67. The summed E-state index contributed by atoms with van der Waals surface area (Å²) in [5.74, 6) is 0.534. The molecule has 5 rings (SSSR count). The molecule has 0 aliphatic carbocycles. The standard InChI is InChI=1S/C18H11N3O6S/c1-24-11-6-3-4-26-12(6)14(25-2)13-9(11)10(22)7-5-8-15(19-17(7)27-13)20-18(28)21-16(8)23/h3-5H,1-2H3,(H2,19,20,21,23,28). The molecule has 0 saturated heterocycles. The molecular weight excluding hydrogens is 386 g/mol. The Labute approximate surface area is 159 Å². The van der Waals surface area contributed by atoms with E-state index in [1.807, 2.05) is 0 Å². The number of benzene rings is 1. The van der Waals surface area contributed by atoms with Crippen molar-refractivity contribution in [1.29, 1.82) is 0 Å². The van der Waals surface area contributed by atoms with E-state index in [1.54, 1.807) is 6.07 Å². The molecule has 0 fully saturated rings. The maximum absolute atomic E-state index is 13.3. The van der Waals surface area contributed by atoms with E-state index in [4.69, 9.17) is 30.5 Å². The molecule has 0 amide bonds. The summed E-state index contributed by atoms with van der Waals surface area (Å²) in [5, 5.41) is 1.04. The number of hydrogen-bond acceptors (Lipinski definition) is 8. The number of ether oxygens (including phenoxy) is 2. The normalized spacial score (nSPS) is 11.6. The van der Waals surface area contributed by atoms with Crippen molar-refractivity contribution in [3.8, 4) is 11.5 Å². The van der Waals surface area contributed by atoms with Crippen molar-refractivity contribution >= 4 is 56.3 Å². The third kappa shape index (κ3) is 2.06. The number of methoxy groups -OCH3 is 2. The Hall–Kier alpha value is -3.66. The second-order valence-electron chi connectivity index (χ2n) is 6.01. The highest BCUT2D eigenvalue weighted by Gasteiger charge is 2.24.